The van der Waals surface area contributed by atoms with E-state index in [9.17, 15) is 14.7 Å². The predicted molar refractivity (Wildman–Crippen MR) is 83.5 cm³/mol. The van der Waals surface area contributed by atoms with Crippen molar-refractivity contribution in [1.82, 2.24) is 13.9 Å². The minimum absolute atomic E-state index is 0.231. The Morgan fingerprint density at radius 2 is 1.73 bits per heavy atom. The van der Waals surface area contributed by atoms with Crippen molar-refractivity contribution in [3.05, 3.63) is 63.5 Å². The lowest BCUT2D eigenvalue weighted by Crippen LogP contribution is -2.39. The molecule has 3 rings (SSSR count). The van der Waals surface area contributed by atoms with Crippen molar-refractivity contribution in [2.24, 2.45) is 0 Å². The highest BCUT2D eigenvalue weighted by Crippen LogP contribution is 2.22. The van der Waals surface area contributed by atoms with E-state index in [0.29, 0.717) is 12.1 Å². The van der Waals surface area contributed by atoms with Gasteiger partial charge in [0.15, 0.2) is 0 Å². The summed E-state index contributed by atoms with van der Waals surface area (Å²) in [7, 11) is 0. The third-order valence-electron chi connectivity index (χ3n) is 4.09. The lowest BCUT2D eigenvalue weighted by atomic mass is 10.1. The molecule has 0 radical (unpaired) electrons. The number of aliphatic hydroxyl groups is 1. The minimum Gasteiger partial charge on any atom is -0.391 e. The van der Waals surface area contributed by atoms with Crippen molar-refractivity contribution in [3.63, 3.8) is 0 Å². The van der Waals surface area contributed by atoms with E-state index in [1.807, 2.05) is 26.0 Å². The summed E-state index contributed by atoms with van der Waals surface area (Å²) in [5, 5.41) is 10.2. The van der Waals surface area contributed by atoms with Crippen LogP contribution in [-0.2, 0) is 0 Å². The second kappa shape index (κ2) is 5.46. The van der Waals surface area contributed by atoms with E-state index in [4.69, 9.17) is 0 Å². The Balaban J connectivity index is 2.27. The van der Waals surface area contributed by atoms with Crippen molar-refractivity contribution in [3.8, 4) is 5.69 Å². The first kappa shape index (κ1) is 14.6. The number of hydrogen-bond acceptors (Lipinski definition) is 3. The Morgan fingerprint density at radius 3 is 2.36 bits per heavy atom. The Bertz CT molecular complexity index is 813. The van der Waals surface area contributed by atoms with Gasteiger partial charge in [-0.15, -0.1) is 0 Å². The summed E-state index contributed by atoms with van der Waals surface area (Å²) < 4.78 is 3.94. The van der Waals surface area contributed by atoms with E-state index >= 15 is 0 Å². The summed E-state index contributed by atoms with van der Waals surface area (Å²) in [6.07, 6.45) is 3.44. The number of nitrogens with zero attached hydrogens (tertiary/aromatic N) is 3. The van der Waals surface area contributed by atoms with E-state index in [0.717, 1.165) is 4.57 Å². The average molecular weight is 301 g/mol. The molecular weight excluding hydrogens is 282 g/mol. The highest BCUT2D eigenvalue weighted by molar-refractivity contribution is 5.30. The molecule has 0 bridgehead atoms. The normalized spacial score (nSPS) is 21.6. The highest BCUT2D eigenvalue weighted by Gasteiger charge is 2.30. The molecule has 1 aliphatic heterocycles. The second-order valence-corrected chi connectivity index (χ2v) is 5.52. The number of hydrogen-bond donors (Lipinski definition) is 1. The molecule has 0 saturated carbocycles. The van der Waals surface area contributed by atoms with Crippen LogP contribution < -0.4 is 11.4 Å². The van der Waals surface area contributed by atoms with Crippen LogP contribution in [0.1, 0.15) is 32.4 Å². The van der Waals surface area contributed by atoms with Gasteiger partial charge in [0.25, 0.3) is 0 Å². The number of allylic oxidation sites excluding steroid dienone is 1. The number of aromatic nitrogens is 3. The van der Waals surface area contributed by atoms with Gasteiger partial charge in [0.05, 0.1) is 23.9 Å². The first-order valence-electron chi connectivity index (χ1n) is 7.44. The van der Waals surface area contributed by atoms with Crippen molar-refractivity contribution < 1.29 is 5.11 Å². The maximum atomic E-state index is 12.8. The Labute approximate surface area is 127 Å². The summed E-state index contributed by atoms with van der Waals surface area (Å²) in [4.78, 5) is 25.5. The molecule has 0 amide bonds. The summed E-state index contributed by atoms with van der Waals surface area (Å²) in [5.74, 6) is 0. The van der Waals surface area contributed by atoms with Crippen LogP contribution in [0.25, 0.3) is 5.69 Å². The van der Waals surface area contributed by atoms with E-state index in [2.05, 4.69) is 0 Å². The molecule has 0 saturated heterocycles. The molecule has 6 heteroatoms. The van der Waals surface area contributed by atoms with Crippen molar-refractivity contribution >= 4 is 0 Å². The molecule has 1 aromatic carbocycles. The van der Waals surface area contributed by atoms with Crippen molar-refractivity contribution in [2.75, 3.05) is 0 Å². The van der Waals surface area contributed by atoms with Gasteiger partial charge in [0, 0.05) is 0 Å². The Hall–Kier alpha value is -2.34. The topological polar surface area (TPSA) is 69.2 Å². The lowest BCUT2D eigenvalue weighted by Gasteiger charge is -2.27. The zero-order chi connectivity index (χ0) is 15.9. The Kier molecular flexibility index (Phi) is 3.62. The lowest BCUT2D eigenvalue weighted by molar-refractivity contribution is 0.108. The summed E-state index contributed by atoms with van der Waals surface area (Å²) in [6.45, 7) is 3.69. The number of rotatable bonds is 3. The van der Waals surface area contributed by atoms with E-state index in [1.165, 1.54) is 9.36 Å². The van der Waals surface area contributed by atoms with E-state index in [1.54, 1.807) is 30.3 Å². The van der Waals surface area contributed by atoms with Crippen LogP contribution in [0.5, 0.6) is 0 Å². The molecular formula is C16H19N3O3. The highest BCUT2D eigenvalue weighted by atomic mass is 16.3. The van der Waals surface area contributed by atoms with Crippen LogP contribution in [0.15, 0.2) is 52.1 Å². The number of aliphatic hydroxyl groups excluding tert-OH is 1. The largest absolute Gasteiger partial charge is 0.391 e. The Morgan fingerprint density at radius 1 is 1.09 bits per heavy atom. The average Bonchev–Trinajstić information content (AvgIpc) is 2.80. The molecule has 3 atom stereocenters. The van der Waals surface area contributed by atoms with Gasteiger partial charge in [-0.3, -0.25) is 0 Å². The molecule has 1 aliphatic rings. The van der Waals surface area contributed by atoms with Gasteiger partial charge in [-0.25, -0.2) is 23.5 Å². The van der Waals surface area contributed by atoms with Gasteiger partial charge in [-0.05, 0) is 25.5 Å². The van der Waals surface area contributed by atoms with Crippen LogP contribution in [0.4, 0.5) is 0 Å². The van der Waals surface area contributed by atoms with Gasteiger partial charge >= 0.3 is 11.4 Å². The molecule has 6 nitrogen and oxygen atoms in total. The van der Waals surface area contributed by atoms with Crippen LogP contribution in [0.3, 0.4) is 0 Å². The standard InChI is InChI=1S/C16H19N3O3/c1-3-14(20)13-10-9-11(2)18-15(21)17(16(22)19(13)18)12-7-5-4-6-8-12/h4-11,13-14,20H,3H2,1-2H3. The third kappa shape index (κ3) is 2.07. The first-order chi connectivity index (χ1) is 10.6. The van der Waals surface area contributed by atoms with Crippen molar-refractivity contribution in [2.45, 2.75) is 38.5 Å². The van der Waals surface area contributed by atoms with Crippen LogP contribution in [0, 0.1) is 0 Å². The molecule has 1 aromatic heterocycles. The zero-order valence-electron chi connectivity index (χ0n) is 12.6. The third-order valence-corrected chi connectivity index (χ3v) is 4.09. The first-order valence-corrected chi connectivity index (χ1v) is 7.44. The molecule has 2 heterocycles. The van der Waals surface area contributed by atoms with Crippen LogP contribution >= 0.6 is 0 Å². The SMILES string of the molecule is CCC(O)C1C=CC(C)n2c(=O)n(-c3ccccc3)c(=O)n21. The molecule has 116 valence electrons. The fourth-order valence-corrected chi connectivity index (χ4v) is 2.88. The molecule has 1 N–H and O–H groups in total. The number of benzene rings is 1. The summed E-state index contributed by atoms with van der Waals surface area (Å²) in [6, 6.07) is 8.08. The van der Waals surface area contributed by atoms with Crippen molar-refractivity contribution in [1.29, 1.82) is 0 Å². The smallest absolute Gasteiger partial charge is 0.352 e. The van der Waals surface area contributed by atoms with E-state index in [-0.39, 0.29) is 11.7 Å². The maximum absolute atomic E-state index is 12.8. The van der Waals surface area contributed by atoms with Gasteiger partial charge < -0.3 is 5.11 Å². The predicted octanol–water partition coefficient (Wildman–Crippen LogP) is 1.24. The summed E-state index contributed by atoms with van der Waals surface area (Å²) >= 11 is 0. The number of fused-ring (bicyclic) bond motifs is 1. The summed E-state index contributed by atoms with van der Waals surface area (Å²) in [5.41, 5.74) is -0.282. The van der Waals surface area contributed by atoms with Gasteiger partial charge in [0.1, 0.15) is 0 Å². The fraction of sp³-hybridized carbons (Fsp3) is 0.375. The van der Waals surface area contributed by atoms with Crippen LogP contribution in [0.2, 0.25) is 0 Å². The minimum atomic E-state index is -0.710. The van der Waals surface area contributed by atoms with Gasteiger partial charge in [0.2, 0.25) is 0 Å². The maximum Gasteiger partial charge on any atom is 0.352 e. The van der Waals surface area contributed by atoms with Crippen LogP contribution in [-0.4, -0.2) is 25.1 Å². The molecule has 22 heavy (non-hydrogen) atoms. The molecule has 0 spiro atoms. The molecule has 0 aliphatic carbocycles. The van der Waals surface area contributed by atoms with Gasteiger partial charge in [-0.1, -0.05) is 37.3 Å². The quantitative estimate of drug-likeness (QED) is 0.867. The molecule has 0 fully saturated rings. The van der Waals surface area contributed by atoms with E-state index < -0.39 is 17.8 Å². The molecule has 2 aromatic rings. The van der Waals surface area contributed by atoms with Gasteiger partial charge in [-0.2, -0.15) is 0 Å². The number of para-hydroxylation sites is 1. The zero-order valence-corrected chi connectivity index (χ0v) is 12.6. The molecule has 3 unspecified atom stereocenters. The monoisotopic (exact) mass is 301 g/mol. The second-order valence-electron chi connectivity index (χ2n) is 5.52. The fourth-order valence-electron chi connectivity index (χ4n) is 2.88.